The molecule has 1 aromatic heterocycles. The number of aromatic nitrogens is 2. The van der Waals surface area contributed by atoms with E-state index < -0.39 is 15.7 Å². The molecule has 0 atom stereocenters. The summed E-state index contributed by atoms with van der Waals surface area (Å²) in [4.78, 5) is 29.3. The molecule has 8 nitrogen and oxygen atoms in total. The highest BCUT2D eigenvalue weighted by atomic mass is 35.5. The zero-order valence-electron chi connectivity index (χ0n) is 18.4. The lowest BCUT2D eigenvalue weighted by molar-refractivity contribution is -0.117. The van der Waals surface area contributed by atoms with Gasteiger partial charge < -0.3 is 15.2 Å². The van der Waals surface area contributed by atoms with Crippen LogP contribution in [-0.2, 0) is 21.2 Å². The normalized spacial score (nSPS) is 13.1. The zero-order chi connectivity index (χ0) is 22.9. The van der Waals surface area contributed by atoms with Crippen LogP contribution in [0.2, 0.25) is 0 Å². The molecule has 0 saturated carbocycles. The van der Waals surface area contributed by atoms with Gasteiger partial charge in [0.25, 0.3) is 10.0 Å². The van der Waals surface area contributed by atoms with Crippen LogP contribution in [0.5, 0.6) is 0 Å². The Balaban J connectivity index is 0.00000306. The summed E-state index contributed by atoms with van der Waals surface area (Å²) < 4.78 is 27.1. The molecule has 176 valence electrons. The number of benzene rings is 2. The molecule has 0 radical (unpaired) electrons. The highest BCUT2D eigenvalue weighted by Crippen LogP contribution is 2.31. The van der Waals surface area contributed by atoms with Gasteiger partial charge >= 0.3 is 5.69 Å². The van der Waals surface area contributed by atoms with Crippen molar-refractivity contribution in [3.63, 3.8) is 0 Å². The Kier molecular flexibility index (Phi) is 7.46. The van der Waals surface area contributed by atoms with Crippen molar-refractivity contribution in [2.75, 3.05) is 24.5 Å². The van der Waals surface area contributed by atoms with Crippen LogP contribution < -0.4 is 15.9 Å². The first-order chi connectivity index (χ1) is 15.3. The summed E-state index contributed by atoms with van der Waals surface area (Å²) in [7, 11) is -4.08. The predicted octanol–water partition coefficient (Wildman–Crippen LogP) is 2.64. The van der Waals surface area contributed by atoms with E-state index in [9.17, 15) is 18.0 Å². The Morgan fingerprint density at radius 3 is 2.58 bits per heavy atom. The van der Waals surface area contributed by atoms with E-state index in [4.69, 9.17) is 0 Å². The molecule has 3 aromatic rings. The average Bonchev–Trinajstić information content (AvgIpc) is 3.37. The van der Waals surface area contributed by atoms with Crippen molar-refractivity contribution < 1.29 is 13.2 Å². The highest BCUT2D eigenvalue weighted by Gasteiger charge is 2.28. The number of nitrogens with zero attached hydrogens (tertiary/aromatic N) is 2. The number of aromatic amines is 1. The van der Waals surface area contributed by atoms with Gasteiger partial charge in [-0.3, -0.25) is 4.79 Å². The Morgan fingerprint density at radius 2 is 1.88 bits per heavy atom. The minimum Gasteiger partial charge on any atom is -0.311 e. The quantitative estimate of drug-likeness (QED) is 0.529. The van der Waals surface area contributed by atoms with Gasteiger partial charge in [0.15, 0.2) is 0 Å². The molecule has 33 heavy (non-hydrogen) atoms. The number of amides is 1. The first kappa shape index (κ1) is 24.8. The number of anilines is 1. The summed E-state index contributed by atoms with van der Waals surface area (Å²) in [6.45, 7) is 5.63. The molecule has 0 fully saturated rings. The number of nitrogens with one attached hydrogen (secondary N) is 2. The second-order valence-electron chi connectivity index (χ2n) is 8.25. The number of carbonyl (C=O) groups excluding carboxylic acids is 1. The maximum absolute atomic E-state index is 13.2. The van der Waals surface area contributed by atoms with Gasteiger partial charge in [0.2, 0.25) is 5.91 Å². The van der Waals surface area contributed by atoms with Crippen LogP contribution in [0.25, 0.3) is 11.3 Å². The van der Waals surface area contributed by atoms with Gasteiger partial charge in [-0.15, -0.1) is 12.4 Å². The number of fused-ring (bicyclic) bond motifs is 1. The molecule has 2 heterocycles. The van der Waals surface area contributed by atoms with E-state index in [1.165, 1.54) is 12.3 Å². The molecule has 4 rings (SSSR count). The smallest absolute Gasteiger partial charge is 0.311 e. The monoisotopic (exact) mass is 490 g/mol. The Morgan fingerprint density at radius 1 is 1.15 bits per heavy atom. The van der Waals surface area contributed by atoms with Gasteiger partial charge in [0.05, 0.1) is 23.3 Å². The molecule has 0 bridgehead atoms. The van der Waals surface area contributed by atoms with Crippen LogP contribution in [-0.4, -0.2) is 42.9 Å². The molecule has 2 aromatic carbocycles. The van der Waals surface area contributed by atoms with E-state index >= 15 is 0 Å². The Labute approximate surface area is 199 Å². The molecular weight excluding hydrogens is 464 g/mol. The first-order valence-corrected chi connectivity index (χ1v) is 12.0. The van der Waals surface area contributed by atoms with Gasteiger partial charge in [0, 0.05) is 12.2 Å². The fourth-order valence-corrected chi connectivity index (χ4v) is 5.06. The lowest BCUT2D eigenvalue weighted by Gasteiger charge is -2.18. The maximum atomic E-state index is 13.2. The van der Waals surface area contributed by atoms with Crippen molar-refractivity contribution in [1.82, 2.24) is 14.3 Å². The summed E-state index contributed by atoms with van der Waals surface area (Å²) >= 11 is 0. The van der Waals surface area contributed by atoms with Crippen molar-refractivity contribution in [2.24, 2.45) is 5.92 Å². The summed E-state index contributed by atoms with van der Waals surface area (Å²) in [6.07, 6.45) is 1.86. The summed E-state index contributed by atoms with van der Waals surface area (Å²) in [6, 6.07) is 13.7. The number of rotatable bonds is 7. The number of imidazole rings is 1. The van der Waals surface area contributed by atoms with Crippen LogP contribution in [0.15, 0.2) is 64.4 Å². The van der Waals surface area contributed by atoms with E-state index in [0.717, 1.165) is 16.1 Å². The zero-order valence-corrected chi connectivity index (χ0v) is 20.1. The number of carbonyl (C=O) groups is 1. The van der Waals surface area contributed by atoms with Gasteiger partial charge in [0.1, 0.15) is 0 Å². The van der Waals surface area contributed by atoms with Crippen molar-refractivity contribution in [2.45, 2.75) is 25.2 Å². The van der Waals surface area contributed by atoms with E-state index in [-0.39, 0.29) is 29.8 Å². The molecule has 1 amide bonds. The molecular formula is C23H27ClN4O4S. The summed E-state index contributed by atoms with van der Waals surface area (Å²) in [5, 5.41) is 3.14. The molecule has 2 N–H and O–H groups in total. The minimum absolute atomic E-state index is 0. The summed E-state index contributed by atoms with van der Waals surface area (Å²) in [5.41, 5.74) is 1.90. The second kappa shape index (κ2) is 9.94. The number of halogens is 1. The van der Waals surface area contributed by atoms with E-state index in [2.05, 4.69) is 24.1 Å². The largest absolute Gasteiger partial charge is 0.340 e. The minimum atomic E-state index is -4.08. The molecule has 0 spiro atoms. The standard InChI is InChI=1S/C23H26N4O4S.ClH/c1-16(2)13-24-14-22(28)26-11-10-18-12-19(8-9-21(18)26)32(30,31)27-15-20(25-23(27)29)17-6-4-3-5-7-17;/h3-9,12,15-16,24H,10-11,13-14H2,1-2H3,(H,25,29);1H. The SMILES string of the molecule is CC(C)CNCC(=O)N1CCc2cc(S(=O)(=O)n3cc(-c4ccccc4)[nH]c3=O)ccc21.Cl. The second-order valence-corrected chi connectivity index (χ2v) is 10.1. The molecule has 10 heteroatoms. The van der Waals surface area contributed by atoms with Crippen molar-refractivity contribution >= 4 is 34.0 Å². The van der Waals surface area contributed by atoms with Crippen LogP contribution in [0, 0.1) is 5.92 Å². The number of hydrogen-bond acceptors (Lipinski definition) is 5. The molecule has 1 aliphatic heterocycles. The van der Waals surface area contributed by atoms with E-state index in [1.807, 2.05) is 18.2 Å². The van der Waals surface area contributed by atoms with Crippen molar-refractivity contribution in [1.29, 1.82) is 0 Å². The maximum Gasteiger partial charge on any atom is 0.340 e. The van der Waals surface area contributed by atoms with Gasteiger partial charge in [-0.05, 0) is 48.2 Å². The van der Waals surface area contributed by atoms with Crippen molar-refractivity contribution in [3.8, 4) is 11.3 Å². The lowest BCUT2D eigenvalue weighted by Crippen LogP contribution is -2.38. The van der Waals surface area contributed by atoms with Crippen LogP contribution in [0.4, 0.5) is 5.69 Å². The van der Waals surface area contributed by atoms with Gasteiger partial charge in [-0.1, -0.05) is 44.2 Å². The average molecular weight is 491 g/mol. The van der Waals surface area contributed by atoms with E-state index in [0.29, 0.717) is 35.8 Å². The third-order valence-electron chi connectivity index (χ3n) is 5.41. The molecule has 0 unspecified atom stereocenters. The first-order valence-electron chi connectivity index (χ1n) is 10.5. The Hall–Kier alpha value is -2.88. The van der Waals surface area contributed by atoms with Crippen LogP contribution in [0.3, 0.4) is 0 Å². The van der Waals surface area contributed by atoms with E-state index in [1.54, 1.807) is 29.2 Å². The molecule has 0 saturated heterocycles. The summed E-state index contributed by atoms with van der Waals surface area (Å²) in [5.74, 6) is 0.398. The Bertz CT molecular complexity index is 1300. The predicted molar refractivity (Wildman–Crippen MR) is 131 cm³/mol. The molecule has 0 aliphatic carbocycles. The number of hydrogen-bond donors (Lipinski definition) is 2. The van der Waals surface area contributed by atoms with Crippen molar-refractivity contribution in [3.05, 3.63) is 70.8 Å². The third kappa shape index (κ3) is 5.05. The van der Waals surface area contributed by atoms with Gasteiger partial charge in [-0.25, -0.2) is 13.2 Å². The fourth-order valence-electron chi connectivity index (χ4n) is 3.80. The van der Waals surface area contributed by atoms with Crippen LogP contribution in [0.1, 0.15) is 19.4 Å². The third-order valence-corrected chi connectivity index (χ3v) is 7.04. The fraction of sp³-hybridized carbons (Fsp3) is 0.304. The highest BCUT2D eigenvalue weighted by molar-refractivity contribution is 7.90. The van der Waals surface area contributed by atoms with Crippen LogP contribution >= 0.6 is 12.4 Å². The number of H-pyrrole nitrogens is 1. The lowest BCUT2D eigenvalue weighted by atomic mass is 10.2. The van der Waals surface area contributed by atoms with Gasteiger partial charge in [-0.2, -0.15) is 3.97 Å². The molecule has 1 aliphatic rings. The topological polar surface area (TPSA) is 104 Å².